The maximum Gasteiger partial charge on any atom is 0.491 e. The van der Waals surface area contributed by atoms with E-state index in [1.54, 1.807) is 36.4 Å². The SMILES string of the molecule is CS(=O)(=O)Nc1ccc(Oc2ccc3cc(C#N)ccc3c2)c(-c2ccsc2C(=O)OC(=O)C(F)(F)F)c1. The smallest absolute Gasteiger partial charge is 0.457 e. The Bertz CT molecular complexity index is 1720. The van der Waals surface area contributed by atoms with Crippen molar-refractivity contribution in [2.45, 2.75) is 6.18 Å². The molecule has 0 amide bonds. The highest BCUT2D eigenvalue weighted by Gasteiger charge is 2.43. The van der Waals surface area contributed by atoms with Gasteiger partial charge in [0.2, 0.25) is 10.0 Å². The minimum Gasteiger partial charge on any atom is -0.457 e. The molecule has 4 rings (SSSR count). The molecule has 0 saturated heterocycles. The second kappa shape index (κ2) is 10.2. The predicted molar refractivity (Wildman–Crippen MR) is 133 cm³/mol. The number of alkyl halides is 3. The molecule has 0 aliphatic heterocycles. The van der Waals surface area contributed by atoms with Gasteiger partial charge in [-0.25, -0.2) is 18.0 Å². The maximum atomic E-state index is 12.6. The van der Waals surface area contributed by atoms with Gasteiger partial charge in [0, 0.05) is 16.8 Å². The highest BCUT2D eigenvalue weighted by molar-refractivity contribution is 7.92. The summed E-state index contributed by atoms with van der Waals surface area (Å²) in [5, 5.41) is 12.0. The summed E-state index contributed by atoms with van der Waals surface area (Å²) in [6.45, 7) is 0. The number of benzene rings is 3. The summed E-state index contributed by atoms with van der Waals surface area (Å²) in [6.07, 6.45) is -4.44. The molecule has 0 saturated carbocycles. The van der Waals surface area contributed by atoms with Crippen LogP contribution in [0.2, 0.25) is 0 Å². The zero-order valence-corrected chi connectivity index (χ0v) is 20.8. The lowest BCUT2D eigenvalue weighted by Crippen LogP contribution is -2.27. The van der Waals surface area contributed by atoms with E-state index in [4.69, 9.17) is 10.00 Å². The van der Waals surface area contributed by atoms with Gasteiger partial charge in [-0.05, 0) is 64.7 Å². The van der Waals surface area contributed by atoms with E-state index < -0.39 is 28.1 Å². The third kappa shape index (κ3) is 6.10. The number of thiophene rings is 1. The summed E-state index contributed by atoms with van der Waals surface area (Å²) >= 11 is 0.730. The Morgan fingerprint density at radius 1 is 0.974 bits per heavy atom. The Hall–Kier alpha value is -4.41. The third-order valence-corrected chi connectivity index (χ3v) is 6.51. The molecule has 0 radical (unpaired) electrons. The second-order valence-corrected chi connectivity index (χ2v) is 10.5. The van der Waals surface area contributed by atoms with Crippen molar-refractivity contribution in [1.82, 2.24) is 0 Å². The van der Waals surface area contributed by atoms with E-state index in [2.05, 4.69) is 15.5 Å². The summed E-state index contributed by atoms with van der Waals surface area (Å²) in [4.78, 5) is 23.3. The lowest BCUT2D eigenvalue weighted by molar-refractivity contribution is -0.193. The van der Waals surface area contributed by atoms with Crippen molar-refractivity contribution >= 4 is 49.8 Å². The van der Waals surface area contributed by atoms with Gasteiger partial charge in [0.15, 0.2) is 0 Å². The summed E-state index contributed by atoms with van der Waals surface area (Å²) in [6, 6.07) is 17.7. The van der Waals surface area contributed by atoms with Crippen molar-refractivity contribution in [2.75, 3.05) is 11.0 Å². The number of hydrogen-bond donors (Lipinski definition) is 1. The van der Waals surface area contributed by atoms with Gasteiger partial charge in [-0.1, -0.05) is 12.1 Å². The van der Waals surface area contributed by atoms with Gasteiger partial charge >= 0.3 is 18.1 Å². The van der Waals surface area contributed by atoms with E-state index in [1.165, 1.54) is 29.6 Å². The van der Waals surface area contributed by atoms with E-state index in [9.17, 15) is 31.2 Å². The molecule has 0 aliphatic rings. The lowest BCUT2D eigenvalue weighted by atomic mass is 10.0. The number of halogens is 3. The van der Waals surface area contributed by atoms with Crippen molar-refractivity contribution < 1.29 is 40.7 Å². The van der Waals surface area contributed by atoms with Crippen LogP contribution < -0.4 is 9.46 Å². The molecule has 0 unspecified atom stereocenters. The Morgan fingerprint density at radius 2 is 1.68 bits per heavy atom. The number of nitriles is 1. The molecule has 1 N–H and O–H groups in total. The van der Waals surface area contributed by atoms with Gasteiger partial charge in [-0.2, -0.15) is 18.4 Å². The molecule has 1 heterocycles. The number of esters is 2. The van der Waals surface area contributed by atoms with Gasteiger partial charge in [-0.3, -0.25) is 4.72 Å². The molecule has 13 heteroatoms. The highest BCUT2D eigenvalue weighted by Crippen LogP contribution is 2.40. The van der Waals surface area contributed by atoms with Gasteiger partial charge in [0.1, 0.15) is 16.4 Å². The fraction of sp³-hybridized carbons (Fsp3) is 0.0800. The highest BCUT2D eigenvalue weighted by atomic mass is 32.2. The fourth-order valence-corrected chi connectivity index (χ4v) is 4.80. The van der Waals surface area contributed by atoms with E-state index >= 15 is 0 Å². The molecular weight excluding hydrogens is 545 g/mol. The first-order valence-electron chi connectivity index (χ1n) is 10.5. The largest absolute Gasteiger partial charge is 0.491 e. The summed E-state index contributed by atoms with van der Waals surface area (Å²) in [7, 11) is -3.70. The van der Waals surface area contributed by atoms with E-state index in [0.717, 1.165) is 28.4 Å². The molecule has 4 aromatic rings. The Balaban J connectivity index is 1.76. The predicted octanol–water partition coefficient (Wildman–Crippen LogP) is 5.85. The molecule has 3 aromatic carbocycles. The van der Waals surface area contributed by atoms with Crippen LogP contribution in [0.5, 0.6) is 11.5 Å². The van der Waals surface area contributed by atoms with Crippen LogP contribution in [0.4, 0.5) is 18.9 Å². The van der Waals surface area contributed by atoms with Gasteiger partial charge in [-0.15, -0.1) is 11.3 Å². The summed E-state index contributed by atoms with van der Waals surface area (Å²) in [5.41, 5.74) is 0.769. The third-order valence-electron chi connectivity index (χ3n) is 5.01. The molecular formula is C25H15F3N2O6S2. The monoisotopic (exact) mass is 560 g/mol. The molecule has 0 bridgehead atoms. The van der Waals surface area contributed by atoms with Crippen LogP contribution in [0.25, 0.3) is 21.9 Å². The Kier molecular flexibility index (Phi) is 7.12. The topological polar surface area (TPSA) is 123 Å². The van der Waals surface area contributed by atoms with Crippen LogP contribution in [0.3, 0.4) is 0 Å². The van der Waals surface area contributed by atoms with Crippen LogP contribution in [0.1, 0.15) is 15.2 Å². The standard InChI is InChI=1S/C25H15F3N2O6S2/c1-38(33,34)30-17-5-7-21(35-18-6-4-15-10-14(13-29)2-3-16(15)11-18)20(12-17)19-8-9-37-22(19)23(31)36-24(32)25(26,27)28/h2-12,30H,1H3. The van der Waals surface area contributed by atoms with E-state index in [1.807, 2.05) is 0 Å². The van der Waals surface area contributed by atoms with E-state index in [-0.39, 0.29) is 27.4 Å². The average Bonchev–Trinajstić information content (AvgIpc) is 3.33. The molecule has 0 spiro atoms. The number of rotatable bonds is 6. The normalized spacial score (nSPS) is 11.6. The zero-order valence-electron chi connectivity index (χ0n) is 19.2. The minimum atomic E-state index is -5.37. The average molecular weight is 561 g/mol. The van der Waals surface area contributed by atoms with Gasteiger partial charge in [0.05, 0.1) is 17.9 Å². The van der Waals surface area contributed by atoms with Crippen LogP contribution >= 0.6 is 11.3 Å². The first-order valence-corrected chi connectivity index (χ1v) is 13.3. The zero-order chi connectivity index (χ0) is 27.7. The molecule has 0 atom stereocenters. The molecule has 0 aliphatic carbocycles. The van der Waals surface area contributed by atoms with Crippen LogP contribution in [0, 0.1) is 11.3 Å². The molecule has 0 fully saturated rings. The van der Waals surface area contributed by atoms with Crippen molar-refractivity contribution in [3.8, 4) is 28.7 Å². The molecule has 8 nitrogen and oxygen atoms in total. The minimum absolute atomic E-state index is 0.0570. The quantitative estimate of drug-likeness (QED) is 0.232. The molecule has 1 aromatic heterocycles. The number of nitrogens with zero attached hydrogens (tertiary/aromatic N) is 1. The van der Waals surface area contributed by atoms with Crippen LogP contribution in [-0.4, -0.2) is 32.8 Å². The number of nitrogens with one attached hydrogen (secondary N) is 1. The van der Waals surface area contributed by atoms with Crippen molar-refractivity contribution in [3.05, 3.63) is 76.5 Å². The number of fused-ring (bicyclic) bond motifs is 1. The lowest BCUT2D eigenvalue weighted by Gasteiger charge is -2.15. The van der Waals surface area contributed by atoms with E-state index in [0.29, 0.717) is 11.3 Å². The summed E-state index contributed by atoms with van der Waals surface area (Å²) in [5.74, 6) is -3.71. The summed E-state index contributed by atoms with van der Waals surface area (Å²) < 4.78 is 73.7. The van der Waals surface area contributed by atoms with Crippen LogP contribution in [-0.2, 0) is 19.6 Å². The first kappa shape index (κ1) is 26.6. The molecule has 194 valence electrons. The number of anilines is 1. The Morgan fingerprint density at radius 3 is 2.37 bits per heavy atom. The van der Waals surface area contributed by atoms with Crippen molar-refractivity contribution in [1.29, 1.82) is 5.26 Å². The molecule has 38 heavy (non-hydrogen) atoms. The number of carbonyl (C=O) groups excluding carboxylic acids is 2. The van der Waals surface area contributed by atoms with Crippen molar-refractivity contribution in [3.63, 3.8) is 0 Å². The number of sulfonamides is 1. The Labute approximate surface area is 217 Å². The van der Waals surface area contributed by atoms with Crippen LogP contribution in [0.15, 0.2) is 66.0 Å². The van der Waals surface area contributed by atoms with Gasteiger partial charge in [0.25, 0.3) is 0 Å². The van der Waals surface area contributed by atoms with Crippen molar-refractivity contribution in [2.24, 2.45) is 0 Å². The number of ether oxygens (including phenoxy) is 2. The maximum absolute atomic E-state index is 12.6. The number of carbonyl (C=O) groups is 2. The second-order valence-electron chi connectivity index (χ2n) is 7.86. The van der Waals surface area contributed by atoms with Gasteiger partial charge < -0.3 is 9.47 Å². The number of hydrogen-bond acceptors (Lipinski definition) is 8. The fourth-order valence-electron chi connectivity index (χ4n) is 3.46. The first-order chi connectivity index (χ1) is 17.8.